The molecule has 3 aromatic rings. The van der Waals surface area contributed by atoms with E-state index in [-0.39, 0.29) is 11.6 Å². The van der Waals surface area contributed by atoms with Crippen molar-refractivity contribution in [3.8, 4) is 0 Å². The maximum Gasteiger partial charge on any atom is 0.261 e. The minimum atomic E-state index is -0.0657. The molecule has 2 heterocycles. The van der Waals surface area contributed by atoms with Gasteiger partial charge in [-0.3, -0.25) is 14.8 Å². The zero-order valence-corrected chi connectivity index (χ0v) is 18.5. The van der Waals surface area contributed by atoms with Gasteiger partial charge in [-0.2, -0.15) is 0 Å². The van der Waals surface area contributed by atoms with E-state index in [1.165, 1.54) is 0 Å². The first-order valence-corrected chi connectivity index (χ1v) is 10.9. The van der Waals surface area contributed by atoms with Crippen LogP contribution in [0.1, 0.15) is 25.5 Å². The maximum absolute atomic E-state index is 13.1. The van der Waals surface area contributed by atoms with E-state index < -0.39 is 0 Å². The van der Waals surface area contributed by atoms with Gasteiger partial charge in [0.2, 0.25) is 0 Å². The smallest absolute Gasteiger partial charge is 0.261 e. The summed E-state index contributed by atoms with van der Waals surface area (Å²) in [5.41, 5.74) is 2.42. The quantitative estimate of drug-likeness (QED) is 0.429. The Labute approximate surface area is 186 Å². The average molecular weight is 439 g/mol. The third kappa shape index (κ3) is 4.89. The number of anilines is 1. The van der Waals surface area contributed by atoms with E-state index in [0.29, 0.717) is 34.3 Å². The van der Waals surface area contributed by atoms with Gasteiger partial charge in [0.15, 0.2) is 5.96 Å². The number of guanidine groups is 1. The lowest BCUT2D eigenvalue weighted by Crippen LogP contribution is -2.52. The number of fused-ring (bicyclic) bond motifs is 1. The van der Waals surface area contributed by atoms with Crippen molar-refractivity contribution in [2.45, 2.75) is 32.4 Å². The molecule has 0 unspecified atom stereocenters. The van der Waals surface area contributed by atoms with E-state index in [4.69, 9.17) is 17.0 Å². The van der Waals surface area contributed by atoms with Crippen molar-refractivity contribution in [2.75, 3.05) is 25.0 Å². The highest BCUT2D eigenvalue weighted by atomic mass is 35.5. The topological polar surface area (TPSA) is 86.0 Å². The van der Waals surface area contributed by atoms with Crippen molar-refractivity contribution in [1.82, 2.24) is 19.8 Å². The Balaban J connectivity index is 1.51. The first kappa shape index (κ1) is 21.3. The molecule has 0 amide bonds. The molecule has 1 saturated heterocycles. The molecule has 1 aromatic heterocycles. The maximum atomic E-state index is 13.1. The number of rotatable bonds is 4. The predicted molar refractivity (Wildman–Crippen MR) is 126 cm³/mol. The number of aromatic nitrogens is 2. The van der Waals surface area contributed by atoms with Crippen LogP contribution in [0.15, 0.2) is 53.6 Å². The lowest BCUT2D eigenvalue weighted by Gasteiger charge is -2.33. The molecule has 8 heteroatoms. The highest BCUT2D eigenvalue weighted by molar-refractivity contribution is 6.30. The molecular weight excluding hydrogens is 412 g/mol. The van der Waals surface area contributed by atoms with Gasteiger partial charge in [-0.15, -0.1) is 0 Å². The summed E-state index contributed by atoms with van der Waals surface area (Å²) in [7, 11) is 0. The molecule has 4 rings (SSSR count). The summed E-state index contributed by atoms with van der Waals surface area (Å²) < 4.78 is 1.67. The number of hydrogen-bond acceptors (Lipinski definition) is 4. The summed E-state index contributed by atoms with van der Waals surface area (Å²) in [6.07, 6.45) is 2.32. The zero-order chi connectivity index (χ0) is 22.0. The minimum Gasteiger partial charge on any atom is -0.340 e. The van der Waals surface area contributed by atoms with Crippen molar-refractivity contribution in [2.24, 2.45) is 0 Å². The molecule has 0 bridgehead atoms. The van der Waals surface area contributed by atoms with Crippen LogP contribution in [0.3, 0.4) is 0 Å². The van der Waals surface area contributed by atoms with Gasteiger partial charge in [0.05, 0.1) is 17.2 Å². The largest absolute Gasteiger partial charge is 0.340 e. The fourth-order valence-electron chi connectivity index (χ4n) is 3.94. The number of nitrogens with zero attached hydrogens (tertiary/aromatic N) is 3. The third-order valence-electron chi connectivity index (χ3n) is 5.65. The Hall–Kier alpha value is -2.90. The lowest BCUT2D eigenvalue weighted by atomic mass is 10.1. The Morgan fingerprint density at radius 1 is 1.32 bits per heavy atom. The highest BCUT2D eigenvalue weighted by Gasteiger charge is 2.18. The molecule has 31 heavy (non-hydrogen) atoms. The summed E-state index contributed by atoms with van der Waals surface area (Å²) in [6.45, 7) is 6.55. The van der Waals surface area contributed by atoms with Gasteiger partial charge in [-0.05, 0) is 56.2 Å². The first-order valence-electron chi connectivity index (χ1n) is 10.5. The molecular formula is C23H27ClN6O. The van der Waals surface area contributed by atoms with Crippen molar-refractivity contribution >= 4 is 34.2 Å². The van der Waals surface area contributed by atoms with Gasteiger partial charge in [0, 0.05) is 42.4 Å². The summed E-state index contributed by atoms with van der Waals surface area (Å²) in [4.78, 5) is 19.6. The van der Waals surface area contributed by atoms with Gasteiger partial charge in [-0.25, -0.2) is 4.98 Å². The van der Waals surface area contributed by atoms with Crippen LogP contribution in [-0.2, 0) is 6.42 Å². The molecule has 1 aliphatic rings. The second-order valence-electron chi connectivity index (χ2n) is 8.14. The van der Waals surface area contributed by atoms with Crippen molar-refractivity contribution in [1.29, 1.82) is 5.41 Å². The SMILES string of the molecule is C[C@H](Cc1ccc(Cl)cc1)n1cnc2cc(NC(=N)N3CCN[C@@H](C)C3)ccc2c1=O. The van der Waals surface area contributed by atoms with Crippen LogP contribution in [0.4, 0.5) is 5.69 Å². The molecule has 0 saturated carbocycles. The summed E-state index contributed by atoms with van der Waals surface area (Å²) in [5.74, 6) is 0.359. The van der Waals surface area contributed by atoms with Crippen LogP contribution < -0.4 is 16.2 Å². The first-order chi connectivity index (χ1) is 14.9. The molecule has 2 aromatic carbocycles. The van der Waals surface area contributed by atoms with Crippen molar-refractivity contribution in [3.63, 3.8) is 0 Å². The molecule has 0 spiro atoms. The lowest BCUT2D eigenvalue weighted by molar-refractivity contribution is 0.301. The van der Waals surface area contributed by atoms with Crippen LogP contribution in [-0.4, -0.2) is 46.1 Å². The van der Waals surface area contributed by atoms with Gasteiger partial charge < -0.3 is 15.5 Å². The second-order valence-corrected chi connectivity index (χ2v) is 8.58. The Morgan fingerprint density at radius 2 is 2.10 bits per heavy atom. The van der Waals surface area contributed by atoms with Gasteiger partial charge >= 0.3 is 0 Å². The molecule has 2 atom stereocenters. The molecule has 1 aliphatic heterocycles. The van der Waals surface area contributed by atoms with Crippen molar-refractivity contribution in [3.05, 3.63) is 69.7 Å². The Morgan fingerprint density at radius 3 is 2.84 bits per heavy atom. The number of piperazine rings is 1. The van der Waals surface area contributed by atoms with E-state index in [1.807, 2.05) is 48.2 Å². The Kier molecular flexibility index (Phi) is 6.25. The number of nitrogens with one attached hydrogen (secondary N) is 3. The van der Waals surface area contributed by atoms with E-state index >= 15 is 0 Å². The fraction of sp³-hybridized carbons (Fsp3) is 0.348. The minimum absolute atomic E-state index is 0.0359. The number of hydrogen-bond donors (Lipinski definition) is 3. The van der Waals surface area contributed by atoms with Gasteiger partial charge in [0.25, 0.3) is 5.56 Å². The average Bonchev–Trinajstić information content (AvgIpc) is 2.75. The molecule has 7 nitrogen and oxygen atoms in total. The van der Waals surface area contributed by atoms with Crippen LogP contribution in [0.25, 0.3) is 10.9 Å². The summed E-state index contributed by atoms with van der Waals surface area (Å²) >= 11 is 5.96. The van der Waals surface area contributed by atoms with Crippen LogP contribution in [0.2, 0.25) is 5.02 Å². The summed E-state index contributed by atoms with van der Waals surface area (Å²) in [5, 5.41) is 16.1. The summed E-state index contributed by atoms with van der Waals surface area (Å²) in [6, 6.07) is 13.4. The molecule has 1 fully saturated rings. The number of benzene rings is 2. The predicted octanol–water partition coefficient (Wildman–Crippen LogP) is 3.49. The standard InChI is InChI=1S/C23H27ClN6O/c1-15-13-29(10-9-26-15)23(25)28-19-7-8-20-21(12-19)27-14-30(22(20)31)16(2)11-17-3-5-18(24)6-4-17/h3-8,12,14-16,26H,9-11,13H2,1-2H3,(H2,25,28)/t15-,16+/m0/s1. The highest BCUT2D eigenvalue weighted by Crippen LogP contribution is 2.18. The molecule has 0 radical (unpaired) electrons. The number of halogens is 1. The van der Waals surface area contributed by atoms with Crippen LogP contribution in [0, 0.1) is 5.41 Å². The monoisotopic (exact) mass is 438 g/mol. The molecule has 162 valence electrons. The Bertz CT molecular complexity index is 1140. The zero-order valence-electron chi connectivity index (χ0n) is 17.7. The molecule has 0 aliphatic carbocycles. The molecule has 3 N–H and O–H groups in total. The van der Waals surface area contributed by atoms with E-state index in [1.54, 1.807) is 17.0 Å². The van der Waals surface area contributed by atoms with E-state index in [0.717, 1.165) is 30.9 Å². The fourth-order valence-corrected chi connectivity index (χ4v) is 4.06. The second kappa shape index (κ2) is 9.08. The van der Waals surface area contributed by atoms with E-state index in [9.17, 15) is 4.79 Å². The van der Waals surface area contributed by atoms with Gasteiger partial charge in [0.1, 0.15) is 0 Å². The van der Waals surface area contributed by atoms with Crippen LogP contribution in [0.5, 0.6) is 0 Å². The van der Waals surface area contributed by atoms with Crippen LogP contribution >= 0.6 is 11.6 Å². The normalized spacial score (nSPS) is 17.5. The third-order valence-corrected chi connectivity index (χ3v) is 5.90. The van der Waals surface area contributed by atoms with Crippen molar-refractivity contribution < 1.29 is 0 Å². The van der Waals surface area contributed by atoms with Gasteiger partial charge in [-0.1, -0.05) is 23.7 Å². The van der Waals surface area contributed by atoms with E-state index in [2.05, 4.69) is 22.5 Å².